The first-order valence-electron chi connectivity index (χ1n) is 5.96. The van der Waals surface area contributed by atoms with E-state index in [4.69, 9.17) is 11.6 Å². The first-order chi connectivity index (χ1) is 9.92. The average Bonchev–Trinajstić information content (AvgIpc) is 2.43. The molecule has 0 aliphatic rings. The Morgan fingerprint density at radius 1 is 1.29 bits per heavy atom. The summed E-state index contributed by atoms with van der Waals surface area (Å²) in [6.45, 7) is 2.47. The Labute approximate surface area is 126 Å². The average molecular weight is 331 g/mol. The molecule has 0 fully saturated rings. The van der Waals surface area contributed by atoms with Gasteiger partial charge in [-0.1, -0.05) is 11.6 Å². The van der Waals surface area contributed by atoms with Gasteiger partial charge in [-0.3, -0.25) is 4.72 Å². The van der Waals surface area contributed by atoms with Crippen LogP contribution in [0.4, 0.5) is 16.0 Å². The van der Waals surface area contributed by atoms with E-state index in [0.717, 1.165) is 12.3 Å². The van der Waals surface area contributed by atoms with Crippen molar-refractivity contribution in [3.63, 3.8) is 0 Å². The molecule has 0 saturated heterocycles. The summed E-state index contributed by atoms with van der Waals surface area (Å²) in [6.07, 6.45) is 2.09. The van der Waals surface area contributed by atoms with Crippen LogP contribution in [0.1, 0.15) is 6.92 Å². The molecule has 2 rings (SSSR count). The highest BCUT2D eigenvalue weighted by molar-refractivity contribution is 7.92. The first-order valence-corrected chi connectivity index (χ1v) is 7.82. The highest BCUT2D eigenvalue weighted by Gasteiger charge is 2.17. The second-order valence-electron chi connectivity index (χ2n) is 4.00. The van der Waals surface area contributed by atoms with Crippen LogP contribution in [0.25, 0.3) is 0 Å². The lowest BCUT2D eigenvalue weighted by Gasteiger charge is -2.09. The van der Waals surface area contributed by atoms with Crippen LogP contribution >= 0.6 is 11.6 Å². The molecule has 0 unspecified atom stereocenters. The van der Waals surface area contributed by atoms with Crippen molar-refractivity contribution in [2.24, 2.45) is 0 Å². The normalized spacial score (nSPS) is 11.2. The Balaban J connectivity index is 2.27. The second kappa shape index (κ2) is 6.23. The molecule has 112 valence electrons. The fraction of sp³-hybridized carbons (Fsp3) is 0.167. The number of hydrogen-bond acceptors (Lipinski definition) is 5. The van der Waals surface area contributed by atoms with E-state index in [1.807, 2.05) is 6.92 Å². The maximum absolute atomic E-state index is 12.7. The van der Waals surface area contributed by atoms with Gasteiger partial charge in [-0.2, -0.15) is 0 Å². The predicted molar refractivity (Wildman–Crippen MR) is 78.4 cm³/mol. The molecule has 0 aromatic carbocycles. The third kappa shape index (κ3) is 3.79. The van der Waals surface area contributed by atoms with Gasteiger partial charge in [0.05, 0.1) is 11.2 Å². The van der Waals surface area contributed by atoms with E-state index in [2.05, 4.69) is 20.0 Å². The van der Waals surface area contributed by atoms with E-state index in [9.17, 15) is 12.8 Å². The van der Waals surface area contributed by atoms with Gasteiger partial charge in [0, 0.05) is 12.7 Å². The van der Waals surface area contributed by atoms with Crippen LogP contribution in [0.15, 0.2) is 35.5 Å². The van der Waals surface area contributed by atoms with Crippen molar-refractivity contribution in [2.45, 2.75) is 11.8 Å². The number of rotatable bonds is 5. The van der Waals surface area contributed by atoms with Gasteiger partial charge in [0.1, 0.15) is 22.3 Å². The molecule has 2 aromatic rings. The number of halogens is 2. The molecule has 6 nitrogen and oxygen atoms in total. The quantitative estimate of drug-likeness (QED) is 0.880. The van der Waals surface area contributed by atoms with Crippen molar-refractivity contribution >= 4 is 33.3 Å². The molecular weight excluding hydrogens is 319 g/mol. The molecule has 0 bridgehead atoms. The van der Waals surface area contributed by atoms with Crippen molar-refractivity contribution in [1.29, 1.82) is 0 Å². The molecule has 0 amide bonds. The topological polar surface area (TPSA) is 84.0 Å². The molecular formula is C12H12ClFN4O2S. The first kappa shape index (κ1) is 15.5. The zero-order chi connectivity index (χ0) is 15.5. The number of hydrogen-bond donors (Lipinski definition) is 2. The Hall–Kier alpha value is -1.93. The molecule has 0 aliphatic carbocycles. The van der Waals surface area contributed by atoms with E-state index >= 15 is 0 Å². The number of pyridine rings is 2. The van der Waals surface area contributed by atoms with Crippen LogP contribution in [-0.2, 0) is 10.0 Å². The van der Waals surface area contributed by atoms with Gasteiger partial charge in [-0.05, 0) is 25.1 Å². The van der Waals surface area contributed by atoms with E-state index in [1.165, 1.54) is 18.3 Å². The Morgan fingerprint density at radius 3 is 2.62 bits per heavy atom. The molecule has 21 heavy (non-hydrogen) atoms. The van der Waals surface area contributed by atoms with Gasteiger partial charge in [0.2, 0.25) is 0 Å². The summed E-state index contributed by atoms with van der Waals surface area (Å²) in [6, 6.07) is 3.59. The molecule has 2 N–H and O–H groups in total. The summed E-state index contributed by atoms with van der Waals surface area (Å²) in [5, 5.41) is 3.08. The molecule has 0 aliphatic heterocycles. The molecule has 2 heterocycles. The number of nitrogens with zero attached hydrogens (tertiary/aromatic N) is 2. The van der Waals surface area contributed by atoms with E-state index in [1.54, 1.807) is 0 Å². The minimum absolute atomic E-state index is 0.00304. The molecule has 0 radical (unpaired) electrons. The van der Waals surface area contributed by atoms with Crippen LogP contribution < -0.4 is 10.0 Å². The fourth-order valence-electron chi connectivity index (χ4n) is 1.50. The molecule has 0 atom stereocenters. The molecule has 2 aromatic heterocycles. The second-order valence-corrected chi connectivity index (χ2v) is 6.09. The van der Waals surface area contributed by atoms with Gasteiger partial charge in [0.25, 0.3) is 10.0 Å². The highest BCUT2D eigenvalue weighted by Crippen LogP contribution is 2.23. The largest absolute Gasteiger partial charge is 0.369 e. The number of aromatic nitrogens is 2. The van der Waals surface area contributed by atoms with Gasteiger partial charge in [-0.25, -0.2) is 22.8 Å². The van der Waals surface area contributed by atoms with Crippen molar-refractivity contribution < 1.29 is 12.8 Å². The summed E-state index contributed by atoms with van der Waals surface area (Å²) >= 11 is 5.96. The SMILES string of the molecule is CCNc1ncc(S(=O)(=O)Nc2ccc(F)cn2)cc1Cl. The van der Waals surface area contributed by atoms with Crippen molar-refractivity contribution in [3.8, 4) is 0 Å². The summed E-state index contributed by atoms with van der Waals surface area (Å²) in [5.74, 6) is -0.154. The van der Waals surface area contributed by atoms with Crippen LogP contribution in [-0.4, -0.2) is 24.9 Å². The monoisotopic (exact) mass is 330 g/mol. The van der Waals surface area contributed by atoms with Gasteiger partial charge in [-0.15, -0.1) is 0 Å². The Kier molecular flexibility index (Phi) is 4.59. The van der Waals surface area contributed by atoms with E-state index in [0.29, 0.717) is 12.4 Å². The number of sulfonamides is 1. The van der Waals surface area contributed by atoms with Crippen molar-refractivity contribution in [1.82, 2.24) is 9.97 Å². The minimum atomic E-state index is -3.89. The zero-order valence-corrected chi connectivity index (χ0v) is 12.5. The summed E-state index contributed by atoms with van der Waals surface area (Å²) < 4.78 is 39.2. The lowest BCUT2D eigenvalue weighted by Crippen LogP contribution is -2.14. The standard InChI is InChI=1S/C12H12ClFN4O2S/c1-2-15-12-10(13)5-9(7-17-12)21(19,20)18-11-4-3-8(14)6-16-11/h3-7H,2H2,1H3,(H,15,17)(H,16,18). The lowest BCUT2D eigenvalue weighted by molar-refractivity contribution is 0.600. The lowest BCUT2D eigenvalue weighted by atomic mass is 10.4. The van der Waals surface area contributed by atoms with Crippen molar-refractivity contribution in [2.75, 3.05) is 16.6 Å². The molecule has 9 heteroatoms. The van der Waals surface area contributed by atoms with Gasteiger partial charge in [0.15, 0.2) is 0 Å². The summed E-state index contributed by atoms with van der Waals surface area (Å²) in [4.78, 5) is 7.46. The molecule has 0 saturated carbocycles. The van der Waals surface area contributed by atoms with E-state index in [-0.39, 0.29) is 15.7 Å². The predicted octanol–water partition coefficient (Wildman–Crippen LogP) is 2.50. The zero-order valence-electron chi connectivity index (χ0n) is 11.0. The number of anilines is 2. The Bertz CT molecular complexity index is 737. The number of nitrogens with one attached hydrogen (secondary N) is 2. The van der Waals surface area contributed by atoms with Crippen LogP contribution in [0.3, 0.4) is 0 Å². The summed E-state index contributed by atoms with van der Waals surface area (Å²) in [7, 11) is -3.89. The minimum Gasteiger partial charge on any atom is -0.369 e. The smallest absolute Gasteiger partial charge is 0.264 e. The molecule has 0 spiro atoms. The highest BCUT2D eigenvalue weighted by atomic mass is 35.5. The third-order valence-corrected chi connectivity index (χ3v) is 4.05. The summed E-state index contributed by atoms with van der Waals surface area (Å²) in [5.41, 5.74) is 0. The van der Waals surface area contributed by atoms with Crippen LogP contribution in [0.5, 0.6) is 0 Å². The van der Waals surface area contributed by atoms with Crippen LogP contribution in [0, 0.1) is 5.82 Å². The third-order valence-electron chi connectivity index (χ3n) is 2.44. The van der Waals surface area contributed by atoms with Gasteiger partial charge < -0.3 is 5.32 Å². The Morgan fingerprint density at radius 2 is 2.05 bits per heavy atom. The fourth-order valence-corrected chi connectivity index (χ4v) is 2.77. The maximum atomic E-state index is 12.7. The maximum Gasteiger partial charge on any atom is 0.264 e. The van der Waals surface area contributed by atoms with E-state index < -0.39 is 15.8 Å². The van der Waals surface area contributed by atoms with Crippen molar-refractivity contribution in [3.05, 3.63) is 41.4 Å². The van der Waals surface area contributed by atoms with Crippen LogP contribution in [0.2, 0.25) is 5.02 Å². The van der Waals surface area contributed by atoms with Gasteiger partial charge >= 0.3 is 0 Å².